The first-order valence-electron chi connectivity index (χ1n) is 7.91. The van der Waals surface area contributed by atoms with Crippen molar-refractivity contribution in [2.24, 2.45) is 0 Å². The van der Waals surface area contributed by atoms with Crippen molar-refractivity contribution in [1.82, 2.24) is 15.1 Å². The summed E-state index contributed by atoms with van der Waals surface area (Å²) in [5.74, 6) is -1.02. The maximum absolute atomic E-state index is 12.5. The summed E-state index contributed by atoms with van der Waals surface area (Å²) in [5, 5.41) is 16.8. The van der Waals surface area contributed by atoms with Crippen molar-refractivity contribution in [3.05, 3.63) is 86.7 Å². The minimum absolute atomic E-state index is 0.213. The highest BCUT2D eigenvalue weighted by atomic mass is 79.9. The van der Waals surface area contributed by atoms with Crippen LogP contribution in [0.25, 0.3) is 5.69 Å². The lowest BCUT2D eigenvalue weighted by Gasteiger charge is -2.15. The minimum Gasteiger partial charge on any atom is -0.505 e. The van der Waals surface area contributed by atoms with Gasteiger partial charge in [-0.05, 0) is 36.8 Å². The molecular formula is C19H16BrN3O3. The molecule has 0 fully saturated rings. The molecule has 0 aliphatic heterocycles. The number of nitrogens with one attached hydrogen (secondary N) is 1. The van der Waals surface area contributed by atoms with E-state index in [0.717, 1.165) is 20.8 Å². The van der Waals surface area contributed by atoms with Crippen LogP contribution in [0, 0.1) is 0 Å². The van der Waals surface area contributed by atoms with E-state index in [-0.39, 0.29) is 11.7 Å². The van der Waals surface area contributed by atoms with Crippen molar-refractivity contribution in [1.29, 1.82) is 0 Å². The van der Waals surface area contributed by atoms with E-state index in [1.54, 1.807) is 24.3 Å². The lowest BCUT2D eigenvalue weighted by molar-refractivity contribution is 0.0930. The molecule has 7 heteroatoms. The molecular weight excluding hydrogens is 398 g/mol. The second kappa shape index (κ2) is 7.53. The monoisotopic (exact) mass is 413 g/mol. The van der Waals surface area contributed by atoms with E-state index in [2.05, 4.69) is 26.3 Å². The topological polar surface area (TPSA) is 84.2 Å². The van der Waals surface area contributed by atoms with Gasteiger partial charge in [-0.15, -0.1) is 0 Å². The highest BCUT2D eigenvalue weighted by Crippen LogP contribution is 2.17. The molecule has 1 unspecified atom stereocenters. The Hall–Kier alpha value is -2.93. The fraction of sp³-hybridized carbons (Fsp3) is 0.105. The largest absolute Gasteiger partial charge is 0.505 e. The summed E-state index contributed by atoms with van der Waals surface area (Å²) in [7, 11) is 0. The standard InChI is InChI=1S/C19H16BrN3O3/c1-12(13-5-3-2-4-6-13)21-19(26)18-16(24)11-17(25)23(22-18)15-9-7-14(20)8-10-15/h2-12,24H,1H3,(H,21,26). The van der Waals surface area contributed by atoms with Gasteiger partial charge in [0.05, 0.1) is 11.7 Å². The molecule has 0 saturated carbocycles. The van der Waals surface area contributed by atoms with Crippen molar-refractivity contribution in [3.63, 3.8) is 0 Å². The van der Waals surface area contributed by atoms with Crippen LogP contribution in [-0.2, 0) is 0 Å². The van der Waals surface area contributed by atoms with Crippen LogP contribution in [0.15, 0.2) is 69.9 Å². The highest BCUT2D eigenvalue weighted by Gasteiger charge is 2.19. The van der Waals surface area contributed by atoms with Gasteiger partial charge in [-0.2, -0.15) is 9.78 Å². The average Bonchev–Trinajstić information content (AvgIpc) is 2.63. The Morgan fingerprint density at radius 3 is 2.46 bits per heavy atom. The van der Waals surface area contributed by atoms with Crippen molar-refractivity contribution in [3.8, 4) is 11.4 Å². The Morgan fingerprint density at radius 2 is 1.81 bits per heavy atom. The first-order valence-corrected chi connectivity index (χ1v) is 8.70. The second-order valence-electron chi connectivity index (χ2n) is 5.71. The number of nitrogens with zero attached hydrogens (tertiary/aromatic N) is 2. The number of benzene rings is 2. The zero-order chi connectivity index (χ0) is 18.7. The quantitative estimate of drug-likeness (QED) is 0.687. The van der Waals surface area contributed by atoms with Crippen molar-refractivity contribution < 1.29 is 9.90 Å². The van der Waals surface area contributed by atoms with Gasteiger partial charge in [-0.25, -0.2) is 0 Å². The van der Waals surface area contributed by atoms with Gasteiger partial charge in [0.25, 0.3) is 11.5 Å². The predicted molar refractivity (Wildman–Crippen MR) is 102 cm³/mol. The normalized spacial score (nSPS) is 11.8. The van der Waals surface area contributed by atoms with Gasteiger partial charge < -0.3 is 10.4 Å². The van der Waals surface area contributed by atoms with Crippen LogP contribution < -0.4 is 10.9 Å². The van der Waals surface area contributed by atoms with E-state index in [0.29, 0.717) is 5.69 Å². The number of rotatable bonds is 4. The van der Waals surface area contributed by atoms with Crippen LogP contribution in [0.2, 0.25) is 0 Å². The van der Waals surface area contributed by atoms with Gasteiger partial charge in [-0.3, -0.25) is 9.59 Å². The average molecular weight is 414 g/mol. The zero-order valence-electron chi connectivity index (χ0n) is 13.9. The molecule has 3 aromatic rings. The predicted octanol–water partition coefficient (Wildman–Crippen LogP) is 3.19. The van der Waals surface area contributed by atoms with Crippen molar-refractivity contribution in [2.45, 2.75) is 13.0 Å². The van der Waals surface area contributed by atoms with Gasteiger partial charge in [0, 0.05) is 10.5 Å². The summed E-state index contributed by atoms with van der Waals surface area (Å²) in [4.78, 5) is 24.7. The van der Waals surface area contributed by atoms with Gasteiger partial charge >= 0.3 is 0 Å². The SMILES string of the molecule is CC(NC(=O)c1nn(-c2ccc(Br)cc2)c(=O)cc1O)c1ccccc1. The molecule has 2 aromatic carbocycles. The zero-order valence-corrected chi connectivity index (χ0v) is 15.5. The lowest BCUT2D eigenvalue weighted by Crippen LogP contribution is -2.30. The first-order chi connectivity index (χ1) is 12.5. The Kier molecular flexibility index (Phi) is 5.18. The van der Waals surface area contributed by atoms with E-state index >= 15 is 0 Å². The number of aromatic hydroxyl groups is 1. The number of halogens is 1. The van der Waals surface area contributed by atoms with Crippen LogP contribution >= 0.6 is 15.9 Å². The molecule has 0 aliphatic rings. The van der Waals surface area contributed by atoms with E-state index in [1.807, 2.05) is 37.3 Å². The Labute approximate surface area is 158 Å². The molecule has 0 spiro atoms. The molecule has 2 N–H and O–H groups in total. The van der Waals surface area contributed by atoms with E-state index in [4.69, 9.17) is 0 Å². The molecule has 0 radical (unpaired) electrons. The summed E-state index contributed by atoms with van der Waals surface area (Å²) in [6.45, 7) is 1.83. The Morgan fingerprint density at radius 1 is 1.15 bits per heavy atom. The maximum Gasteiger partial charge on any atom is 0.276 e. The summed E-state index contributed by atoms with van der Waals surface area (Å²) >= 11 is 3.32. The van der Waals surface area contributed by atoms with Crippen LogP contribution in [-0.4, -0.2) is 20.8 Å². The molecule has 0 aliphatic carbocycles. The van der Waals surface area contributed by atoms with E-state index in [1.165, 1.54) is 0 Å². The molecule has 132 valence electrons. The van der Waals surface area contributed by atoms with Crippen LogP contribution in [0.5, 0.6) is 5.75 Å². The van der Waals surface area contributed by atoms with E-state index in [9.17, 15) is 14.7 Å². The first kappa shape index (κ1) is 17.9. The third kappa shape index (κ3) is 3.83. The van der Waals surface area contributed by atoms with Crippen molar-refractivity contribution >= 4 is 21.8 Å². The number of carbonyl (C=O) groups is 1. The number of carbonyl (C=O) groups excluding carboxylic acids is 1. The fourth-order valence-corrected chi connectivity index (χ4v) is 2.73. The smallest absolute Gasteiger partial charge is 0.276 e. The number of hydrogen-bond donors (Lipinski definition) is 2. The number of aromatic nitrogens is 2. The molecule has 0 bridgehead atoms. The van der Waals surface area contributed by atoms with Gasteiger partial charge in [0.1, 0.15) is 0 Å². The molecule has 6 nitrogen and oxygen atoms in total. The Bertz CT molecular complexity index is 985. The van der Waals surface area contributed by atoms with Crippen LogP contribution in [0.3, 0.4) is 0 Å². The number of amides is 1. The molecule has 0 saturated heterocycles. The molecule has 26 heavy (non-hydrogen) atoms. The summed E-state index contributed by atoms with van der Waals surface area (Å²) in [6, 6.07) is 17.0. The van der Waals surface area contributed by atoms with Crippen molar-refractivity contribution in [2.75, 3.05) is 0 Å². The van der Waals surface area contributed by atoms with Gasteiger partial charge in [0.2, 0.25) is 0 Å². The second-order valence-corrected chi connectivity index (χ2v) is 6.63. The molecule has 3 rings (SSSR count). The number of hydrogen-bond acceptors (Lipinski definition) is 4. The lowest BCUT2D eigenvalue weighted by atomic mass is 10.1. The summed E-state index contributed by atoms with van der Waals surface area (Å²) in [6.07, 6.45) is 0. The van der Waals surface area contributed by atoms with E-state index < -0.39 is 17.2 Å². The third-order valence-electron chi connectivity index (χ3n) is 3.85. The summed E-state index contributed by atoms with van der Waals surface area (Å²) < 4.78 is 1.93. The fourth-order valence-electron chi connectivity index (χ4n) is 2.47. The third-order valence-corrected chi connectivity index (χ3v) is 4.37. The Balaban J connectivity index is 1.92. The molecule has 1 atom stereocenters. The minimum atomic E-state index is -0.565. The summed E-state index contributed by atoms with van der Waals surface area (Å²) in [5.41, 5.74) is 0.665. The highest BCUT2D eigenvalue weighted by molar-refractivity contribution is 9.10. The van der Waals surface area contributed by atoms with Gasteiger partial charge in [-0.1, -0.05) is 46.3 Å². The van der Waals surface area contributed by atoms with Crippen LogP contribution in [0.1, 0.15) is 29.0 Å². The maximum atomic E-state index is 12.5. The van der Waals surface area contributed by atoms with Crippen LogP contribution in [0.4, 0.5) is 0 Å². The molecule has 1 amide bonds. The molecule has 1 aromatic heterocycles. The van der Waals surface area contributed by atoms with Gasteiger partial charge in [0.15, 0.2) is 11.4 Å². The molecule has 1 heterocycles.